The van der Waals surface area contributed by atoms with E-state index in [-0.39, 0.29) is 0 Å². The number of carbonyl (C=O) groups is 2. The number of esters is 1. The van der Waals surface area contributed by atoms with E-state index >= 15 is 0 Å². The topological polar surface area (TPSA) is 86.7 Å². The van der Waals surface area contributed by atoms with E-state index in [1.807, 2.05) is 0 Å². The van der Waals surface area contributed by atoms with Gasteiger partial charge in [-0.25, -0.2) is 9.59 Å². The summed E-state index contributed by atoms with van der Waals surface area (Å²) in [5, 5.41) is 18.4. The molecule has 0 aliphatic heterocycles. The van der Waals surface area contributed by atoms with Crippen LogP contribution in [0.25, 0.3) is 0 Å². The molecule has 0 fully saturated rings. The zero-order valence-electron chi connectivity index (χ0n) is 6.31. The van der Waals surface area contributed by atoms with Crippen LogP contribution in [-0.2, 0) is 14.3 Å². The lowest BCUT2D eigenvalue weighted by Gasteiger charge is -2.01. The molecule has 12 heavy (non-hydrogen) atoms. The minimum absolute atomic E-state index is 0.649. The lowest BCUT2D eigenvalue weighted by molar-refractivity contribution is -0.302. The van der Waals surface area contributed by atoms with Crippen molar-refractivity contribution in [3.05, 3.63) is 24.0 Å². The normalized spacial score (nSPS) is 11.6. The third-order valence-electron chi connectivity index (χ3n) is 0.892. The average Bonchev–Trinajstić information content (AvgIpc) is 2.03. The molecule has 0 amide bonds. The number of carboxylic acids is 1. The first-order valence-electron chi connectivity index (χ1n) is 2.94. The fourth-order valence-corrected chi connectivity index (χ4v) is 0.353. The minimum Gasteiger partial charge on any atom is -0.868 e. The van der Waals surface area contributed by atoms with Crippen LogP contribution in [0.3, 0.4) is 0 Å². The van der Waals surface area contributed by atoms with Crippen LogP contribution >= 0.6 is 0 Å². The molecule has 5 heteroatoms. The highest BCUT2D eigenvalue weighted by atomic mass is 16.5. The molecule has 66 valence electrons. The Morgan fingerprint density at radius 2 is 2.08 bits per heavy atom. The summed E-state index contributed by atoms with van der Waals surface area (Å²) < 4.78 is 4.19. The van der Waals surface area contributed by atoms with Crippen molar-refractivity contribution in [1.29, 1.82) is 0 Å². The van der Waals surface area contributed by atoms with E-state index < -0.39 is 17.7 Å². The van der Waals surface area contributed by atoms with E-state index in [0.29, 0.717) is 0 Å². The molecule has 0 atom stereocenters. The lowest BCUT2D eigenvalue weighted by atomic mass is 10.4. The summed E-state index contributed by atoms with van der Waals surface area (Å²) >= 11 is 0. The molecule has 5 nitrogen and oxygen atoms in total. The van der Waals surface area contributed by atoms with Crippen molar-refractivity contribution in [1.82, 2.24) is 0 Å². The van der Waals surface area contributed by atoms with E-state index in [9.17, 15) is 14.7 Å². The molecular weight excluding hydrogens is 164 g/mol. The summed E-state index contributed by atoms with van der Waals surface area (Å²) in [6.07, 6.45) is 2.72. The van der Waals surface area contributed by atoms with Crippen LogP contribution in [0.15, 0.2) is 24.0 Å². The molecule has 0 aromatic rings. The number of carbonyl (C=O) groups excluding carboxylic acids is 1. The van der Waals surface area contributed by atoms with Crippen LogP contribution in [0.4, 0.5) is 0 Å². The maximum absolute atomic E-state index is 10.4. The quantitative estimate of drug-likeness (QED) is 0.256. The molecule has 0 aliphatic carbocycles. The van der Waals surface area contributed by atoms with E-state index in [2.05, 4.69) is 4.74 Å². The van der Waals surface area contributed by atoms with Crippen molar-refractivity contribution < 1.29 is 24.5 Å². The number of ether oxygens (including phenoxy) is 1. The number of aliphatic carboxylic acids is 1. The Balaban J connectivity index is 4.12. The van der Waals surface area contributed by atoms with Gasteiger partial charge in [0.1, 0.15) is 0 Å². The number of methoxy groups -OCH3 is 1. The highest BCUT2D eigenvalue weighted by Crippen LogP contribution is 1.85. The third-order valence-corrected chi connectivity index (χ3v) is 0.892. The van der Waals surface area contributed by atoms with E-state index in [1.165, 1.54) is 7.11 Å². The number of hydrogen-bond acceptors (Lipinski definition) is 4. The van der Waals surface area contributed by atoms with Crippen LogP contribution in [0.2, 0.25) is 0 Å². The second-order valence-electron chi connectivity index (χ2n) is 1.72. The summed E-state index contributed by atoms with van der Waals surface area (Å²) in [6.45, 7) is 0. The summed E-state index contributed by atoms with van der Waals surface area (Å²) in [6, 6.07) is 0. The molecule has 0 spiro atoms. The van der Waals surface area contributed by atoms with Gasteiger partial charge in [-0.05, 0) is 5.76 Å². The van der Waals surface area contributed by atoms with Crippen molar-refractivity contribution in [3.8, 4) is 0 Å². The summed E-state index contributed by atoms with van der Waals surface area (Å²) in [4.78, 5) is 20.3. The first-order chi connectivity index (χ1) is 5.57. The van der Waals surface area contributed by atoms with Crippen LogP contribution in [-0.4, -0.2) is 24.2 Å². The molecule has 0 aromatic heterocycles. The summed E-state index contributed by atoms with van der Waals surface area (Å²) in [5.41, 5.74) is 0. The zero-order chi connectivity index (χ0) is 9.56. The standard InChI is InChI=1S/C7H8O5/c1-12-6(9)4-2-3-5(8)7(10)11/h2-4,8H,1H3,(H,10,11)/p-1/b4-2+,5-3-. The Kier molecular flexibility index (Phi) is 4.21. The molecule has 0 aromatic carbocycles. The van der Waals surface area contributed by atoms with Crippen molar-refractivity contribution in [2.24, 2.45) is 0 Å². The highest BCUT2D eigenvalue weighted by molar-refractivity contribution is 5.85. The van der Waals surface area contributed by atoms with Gasteiger partial charge in [0.2, 0.25) is 0 Å². The minimum atomic E-state index is -1.57. The SMILES string of the molecule is COC(=O)/C=C/C=C(\[O-])C(=O)O. The number of hydrogen-bond donors (Lipinski definition) is 1. The van der Waals surface area contributed by atoms with E-state index in [0.717, 1.165) is 18.2 Å². The monoisotopic (exact) mass is 171 g/mol. The lowest BCUT2D eigenvalue weighted by Crippen LogP contribution is -2.13. The molecule has 0 rings (SSSR count). The largest absolute Gasteiger partial charge is 0.868 e. The second-order valence-corrected chi connectivity index (χ2v) is 1.72. The molecule has 0 bridgehead atoms. The third kappa shape index (κ3) is 4.10. The smallest absolute Gasteiger partial charge is 0.330 e. The van der Waals surface area contributed by atoms with Gasteiger partial charge in [-0.3, -0.25) is 0 Å². The number of rotatable bonds is 3. The van der Waals surface area contributed by atoms with Crippen molar-refractivity contribution in [2.45, 2.75) is 0 Å². The van der Waals surface area contributed by atoms with Crippen molar-refractivity contribution in [3.63, 3.8) is 0 Å². The number of carboxylic acid groups (broad SMARTS) is 1. The van der Waals surface area contributed by atoms with Crippen LogP contribution in [0, 0.1) is 0 Å². The Bertz CT molecular complexity index is 238. The molecule has 0 saturated heterocycles. The fraction of sp³-hybridized carbons (Fsp3) is 0.143. The predicted molar refractivity (Wildman–Crippen MR) is 36.9 cm³/mol. The number of allylic oxidation sites excluding steroid dienone is 2. The Morgan fingerprint density at radius 1 is 1.50 bits per heavy atom. The maximum Gasteiger partial charge on any atom is 0.330 e. The van der Waals surface area contributed by atoms with Crippen LogP contribution in [0.1, 0.15) is 0 Å². The van der Waals surface area contributed by atoms with E-state index in [1.54, 1.807) is 0 Å². The van der Waals surface area contributed by atoms with Gasteiger partial charge in [-0.2, -0.15) is 0 Å². The molecule has 0 heterocycles. The van der Waals surface area contributed by atoms with Gasteiger partial charge in [-0.1, -0.05) is 12.2 Å². The van der Waals surface area contributed by atoms with Gasteiger partial charge in [0, 0.05) is 6.08 Å². The molecular formula is C7H7O5-. The van der Waals surface area contributed by atoms with Crippen molar-refractivity contribution in [2.75, 3.05) is 7.11 Å². The van der Waals surface area contributed by atoms with Gasteiger partial charge in [0.05, 0.1) is 7.11 Å². The molecule has 0 unspecified atom stereocenters. The zero-order valence-corrected chi connectivity index (χ0v) is 6.31. The highest BCUT2D eigenvalue weighted by Gasteiger charge is 1.90. The van der Waals surface area contributed by atoms with Crippen LogP contribution < -0.4 is 5.11 Å². The Hall–Kier alpha value is -1.78. The first kappa shape index (κ1) is 10.2. The molecule has 1 N–H and O–H groups in total. The van der Waals surface area contributed by atoms with Gasteiger partial charge in [0.25, 0.3) is 0 Å². The summed E-state index contributed by atoms with van der Waals surface area (Å²) in [7, 11) is 1.17. The van der Waals surface area contributed by atoms with E-state index in [4.69, 9.17) is 5.11 Å². The molecule has 0 saturated carbocycles. The fourth-order valence-electron chi connectivity index (χ4n) is 0.353. The first-order valence-corrected chi connectivity index (χ1v) is 2.94. The summed E-state index contributed by atoms with van der Waals surface area (Å²) in [5.74, 6) is -3.30. The van der Waals surface area contributed by atoms with Gasteiger partial charge >= 0.3 is 11.9 Å². The Labute approximate surface area is 68.6 Å². The van der Waals surface area contributed by atoms with Gasteiger partial charge < -0.3 is 14.9 Å². The maximum atomic E-state index is 10.4. The molecule has 0 radical (unpaired) electrons. The Morgan fingerprint density at radius 3 is 2.50 bits per heavy atom. The van der Waals surface area contributed by atoms with Gasteiger partial charge in [0.15, 0.2) is 0 Å². The van der Waals surface area contributed by atoms with Crippen molar-refractivity contribution >= 4 is 11.9 Å². The predicted octanol–water partition coefficient (Wildman–Crippen LogP) is -0.956. The molecule has 0 aliphatic rings. The van der Waals surface area contributed by atoms with Crippen LogP contribution in [0.5, 0.6) is 0 Å². The average molecular weight is 171 g/mol. The van der Waals surface area contributed by atoms with Gasteiger partial charge in [-0.15, -0.1) is 0 Å². The second kappa shape index (κ2) is 4.95.